The number of likely N-dealkylation sites (N-methyl/N-ethyl adjacent to an activating group) is 1. The molecule has 370 valence electrons. The van der Waals surface area contributed by atoms with Crippen molar-refractivity contribution in [2.45, 2.75) is 283 Å². The predicted octanol–water partition coefficient (Wildman–Crippen LogP) is 15.9. The van der Waals surface area contributed by atoms with Crippen molar-refractivity contribution >= 4 is 13.7 Å². The first-order valence-corrected chi connectivity index (χ1v) is 28.5. The maximum Gasteiger partial charge on any atom is 0.472 e. The number of amides is 1. The Balaban J connectivity index is 4.18. The summed E-state index contributed by atoms with van der Waals surface area (Å²) < 4.78 is 23.7. The number of carbonyl (C=O) groups excluding carboxylic acids is 1. The maximum atomic E-state index is 12.9. The molecule has 3 atom stereocenters. The van der Waals surface area contributed by atoms with Gasteiger partial charge in [-0.05, 0) is 38.5 Å². The SMILES string of the molecule is CCCCCCCCC/C=C\CCCCCCCC(=O)NC(COP(=O)(O)OCC[N+](C)(C)C)C(O)CCCCCCCCCCCCCCCCCCCCCCCCCC. The van der Waals surface area contributed by atoms with E-state index < -0.39 is 20.0 Å². The van der Waals surface area contributed by atoms with Gasteiger partial charge < -0.3 is 19.8 Å². The van der Waals surface area contributed by atoms with E-state index in [9.17, 15) is 19.4 Å². The van der Waals surface area contributed by atoms with Gasteiger partial charge in [0.25, 0.3) is 0 Å². The van der Waals surface area contributed by atoms with Crippen molar-refractivity contribution in [1.82, 2.24) is 5.32 Å². The van der Waals surface area contributed by atoms with Gasteiger partial charge in [0.2, 0.25) is 5.91 Å². The Kier molecular flexibility index (Phi) is 44.8. The minimum Gasteiger partial charge on any atom is -0.391 e. The molecule has 0 aromatic rings. The second kappa shape index (κ2) is 45.4. The molecule has 0 aliphatic heterocycles. The van der Waals surface area contributed by atoms with Crippen LogP contribution >= 0.6 is 7.82 Å². The van der Waals surface area contributed by atoms with E-state index in [1.165, 1.54) is 193 Å². The van der Waals surface area contributed by atoms with E-state index >= 15 is 0 Å². The third-order valence-corrected chi connectivity index (χ3v) is 13.5. The summed E-state index contributed by atoms with van der Waals surface area (Å²) >= 11 is 0. The number of aliphatic hydroxyl groups is 1. The quantitative estimate of drug-likeness (QED) is 0.0243. The number of nitrogens with zero attached hydrogens (tertiary/aromatic N) is 1. The van der Waals surface area contributed by atoms with Crippen LogP contribution in [0.3, 0.4) is 0 Å². The van der Waals surface area contributed by atoms with Gasteiger partial charge in [0, 0.05) is 6.42 Å². The number of phosphoric acid groups is 1. The lowest BCUT2D eigenvalue weighted by atomic mass is 10.0. The molecule has 0 fully saturated rings. The summed E-state index contributed by atoms with van der Waals surface area (Å²) in [6.45, 7) is 4.91. The fourth-order valence-electron chi connectivity index (χ4n) is 8.22. The molecule has 3 N–H and O–H groups in total. The first-order chi connectivity index (χ1) is 30.0. The molecule has 0 saturated carbocycles. The third-order valence-electron chi connectivity index (χ3n) is 12.5. The van der Waals surface area contributed by atoms with Crippen LogP contribution < -0.4 is 5.32 Å². The molecule has 1 amide bonds. The molecule has 0 bridgehead atoms. The van der Waals surface area contributed by atoms with Gasteiger partial charge in [-0.15, -0.1) is 0 Å². The van der Waals surface area contributed by atoms with Gasteiger partial charge in [-0.2, -0.15) is 0 Å². The lowest BCUT2D eigenvalue weighted by Gasteiger charge is -2.26. The van der Waals surface area contributed by atoms with Gasteiger partial charge in [0.15, 0.2) is 0 Å². The second-order valence-corrected chi connectivity index (χ2v) is 21.4. The number of hydrogen-bond donors (Lipinski definition) is 3. The summed E-state index contributed by atoms with van der Waals surface area (Å²) in [5.41, 5.74) is 0. The second-order valence-electron chi connectivity index (χ2n) is 20.0. The van der Waals surface area contributed by atoms with Gasteiger partial charge >= 0.3 is 7.82 Å². The topological polar surface area (TPSA) is 105 Å². The van der Waals surface area contributed by atoms with Crippen LogP contribution in [0.4, 0.5) is 0 Å². The molecule has 0 aliphatic rings. The lowest BCUT2D eigenvalue weighted by Crippen LogP contribution is -2.46. The molecule has 0 saturated heterocycles. The fraction of sp³-hybridized carbons (Fsp3) is 0.943. The zero-order valence-electron chi connectivity index (χ0n) is 42.1. The van der Waals surface area contributed by atoms with Crippen LogP contribution in [-0.4, -0.2) is 73.4 Å². The highest BCUT2D eigenvalue weighted by Gasteiger charge is 2.28. The minimum absolute atomic E-state index is 0.0753. The average Bonchev–Trinajstić information content (AvgIpc) is 3.23. The van der Waals surface area contributed by atoms with Crippen LogP contribution in [0.5, 0.6) is 0 Å². The van der Waals surface area contributed by atoms with Gasteiger partial charge in [-0.3, -0.25) is 13.8 Å². The number of allylic oxidation sites excluding steroid dienone is 2. The number of phosphoric ester groups is 1. The van der Waals surface area contributed by atoms with Crippen LogP contribution in [0.1, 0.15) is 271 Å². The van der Waals surface area contributed by atoms with Crippen LogP contribution in [0.15, 0.2) is 12.2 Å². The summed E-state index contributed by atoms with van der Waals surface area (Å²) in [4.78, 5) is 23.3. The van der Waals surface area contributed by atoms with E-state index in [0.717, 1.165) is 51.4 Å². The van der Waals surface area contributed by atoms with Crippen molar-refractivity contribution < 1.29 is 32.9 Å². The summed E-state index contributed by atoms with van der Waals surface area (Å²) in [6, 6.07) is -0.762. The number of nitrogens with one attached hydrogen (secondary N) is 1. The van der Waals surface area contributed by atoms with Crippen LogP contribution in [0.25, 0.3) is 0 Å². The highest BCUT2D eigenvalue weighted by molar-refractivity contribution is 7.47. The molecule has 0 spiro atoms. The molecule has 9 heteroatoms. The molecular weight excluding hydrogens is 792 g/mol. The Hall–Kier alpha value is -0.760. The average molecular weight is 900 g/mol. The first kappa shape index (κ1) is 61.2. The van der Waals surface area contributed by atoms with E-state index in [1.54, 1.807) is 0 Å². The normalized spacial score (nSPS) is 14.1. The highest BCUT2D eigenvalue weighted by atomic mass is 31.2. The minimum atomic E-state index is -4.32. The van der Waals surface area contributed by atoms with E-state index in [2.05, 4.69) is 31.3 Å². The molecule has 0 heterocycles. The standard InChI is InChI=1S/C53H107N2O6P/c1-6-8-10-12-14-16-18-20-22-24-25-26-27-28-29-30-31-32-34-36-38-40-42-44-46-52(56)51(50-61-62(58,59)60-49-48-55(3,4)5)54-53(57)47-45-43-41-39-37-35-33-23-21-19-17-15-13-11-9-7-2/h23,33,51-52,56H,6-22,24-32,34-50H2,1-5H3,(H-,54,57,58,59)/p+1/b33-23-. The summed E-state index contributed by atoms with van der Waals surface area (Å²) in [5.74, 6) is -0.149. The van der Waals surface area contributed by atoms with Crippen LogP contribution in [0, 0.1) is 0 Å². The molecule has 62 heavy (non-hydrogen) atoms. The van der Waals surface area contributed by atoms with Crippen molar-refractivity contribution in [1.29, 1.82) is 0 Å². The monoisotopic (exact) mass is 900 g/mol. The van der Waals surface area contributed by atoms with Gasteiger partial charge in [0.05, 0.1) is 39.9 Å². The molecule has 0 rings (SSSR count). The Bertz CT molecular complexity index is 1020. The maximum absolute atomic E-state index is 12.9. The predicted molar refractivity (Wildman–Crippen MR) is 268 cm³/mol. The summed E-state index contributed by atoms with van der Waals surface area (Å²) in [6.07, 6.45) is 54.0. The summed E-state index contributed by atoms with van der Waals surface area (Å²) in [7, 11) is 1.62. The summed E-state index contributed by atoms with van der Waals surface area (Å²) in [5, 5.41) is 14.0. The highest BCUT2D eigenvalue weighted by Crippen LogP contribution is 2.43. The van der Waals surface area contributed by atoms with Gasteiger partial charge in [-0.1, -0.05) is 238 Å². The number of quaternary nitrogens is 1. The fourth-order valence-corrected chi connectivity index (χ4v) is 8.96. The zero-order valence-corrected chi connectivity index (χ0v) is 43.0. The van der Waals surface area contributed by atoms with Crippen molar-refractivity contribution in [3.63, 3.8) is 0 Å². The number of carbonyl (C=O) groups is 1. The van der Waals surface area contributed by atoms with Crippen LogP contribution in [0.2, 0.25) is 0 Å². The number of rotatable bonds is 50. The first-order valence-electron chi connectivity index (χ1n) is 27.1. The van der Waals surface area contributed by atoms with E-state index in [0.29, 0.717) is 23.9 Å². The van der Waals surface area contributed by atoms with Crippen molar-refractivity contribution in [3.8, 4) is 0 Å². The van der Waals surface area contributed by atoms with E-state index in [4.69, 9.17) is 9.05 Å². The van der Waals surface area contributed by atoms with Crippen molar-refractivity contribution in [2.24, 2.45) is 0 Å². The Labute approximate surface area is 386 Å². The molecule has 0 radical (unpaired) electrons. The van der Waals surface area contributed by atoms with Crippen LogP contribution in [-0.2, 0) is 18.4 Å². The smallest absolute Gasteiger partial charge is 0.391 e. The Morgan fingerprint density at radius 1 is 0.532 bits per heavy atom. The molecule has 0 aliphatic carbocycles. The largest absolute Gasteiger partial charge is 0.472 e. The van der Waals surface area contributed by atoms with Crippen molar-refractivity contribution in [3.05, 3.63) is 12.2 Å². The molecule has 8 nitrogen and oxygen atoms in total. The lowest BCUT2D eigenvalue weighted by molar-refractivity contribution is -0.870. The Morgan fingerprint density at radius 3 is 1.24 bits per heavy atom. The van der Waals surface area contributed by atoms with E-state index in [-0.39, 0.29) is 19.1 Å². The van der Waals surface area contributed by atoms with E-state index in [1.807, 2.05) is 21.1 Å². The van der Waals surface area contributed by atoms with Gasteiger partial charge in [-0.25, -0.2) is 4.57 Å². The molecule has 3 unspecified atom stereocenters. The zero-order chi connectivity index (χ0) is 45.7. The number of hydrogen-bond acceptors (Lipinski definition) is 5. The third kappa shape index (κ3) is 47.2. The van der Waals surface area contributed by atoms with Crippen molar-refractivity contribution in [2.75, 3.05) is 40.9 Å². The number of unbranched alkanes of at least 4 members (excludes halogenated alkanes) is 35. The molecule has 0 aromatic carbocycles. The van der Waals surface area contributed by atoms with Gasteiger partial charge in [0.1, 0.15) is 13.2 Å². The molecule has 0 aromatic heterocycles. The molecular formula is C53H108N2O6P+. The number of aliphatic hydroxyl groups excluding tert-OH is 1. The Morgan fingerprint density at radius 2 is 0.871 bits per heavy atom.